The molecule has 3 N–H and O–H groups in total. The second kappa shape index (κ2) is 9.57. The highest BCUT2D eigenvalue weighted by Crippen LogP contribution is 2.28. The number of nitrogens with two attached hydrogens (primary N) is 1. The van der Waals surface area contributed by atoms with Gasteiger partial charge in [-0.2, -0.15) is 0 Å². The normalized spacial score (nSPS) is 12.0. The maximum absolute atomic E-state index is 8.83. The topological polar surface area (TPSA) is 86.3 Å². The van der Waals surface area contributed by atoms with E-state index in [0.717, 1.165) is 0 Å². The fraction of sp³-hybridized carbons (Fsp3) is 0.500. The van der Waals surface area contributed by atoms with Gasteiger partial charge in [-0.25, -0.2) is 4.99 Å². The van der Waals surface area contributed by atoms with Crippen LogP contribution in [0.5, 0.6) is 5.75 Å². The number of aliphatic hydroxyl groups excluding tert-OH is 1. The van der Waals surface area contributed by atoms with Crippen LogP contribution in [-0.2, 0) is 9.47 Å². The number of rotatable bonds is 9. The van der Waals surface area contributed by atoms with Gasteiger partial charge in [-0.15, -0.1) is 0 Å². The van der Waals surface area contributed by atoms with Crippen molar-refractivity contribution < 1.29 is 19.3 Å². The standard InChI is InChI=1S/C14H21ClN2O4/c1-3-19-12(20-4-2)8-21-13-10(14(16)17-9-18)6-5-7-11(13)15/h5-7,12,18H,3-4,8-9H2,1-2H3,(H2,16,17). The molecule has 0 fully saturated rings. The smallest absolute Gasteiger partial charge is 0.191 e. The van der Waals surface area contributed by atoms with Gasteiger partial charge < -0.3 is 25.1 Å². The molecule has 0 aliphatic heterocycles. The van der Waals surface area contributed by atoms with Crippen LogP contribution < -0.4 is 10.5 Å². The fourth-order valence-corrected chi connectivity index (χ4v) is 1.92. The lowest BCUT2D eigenvalue weighted by Crippen LogP contribution is -2.26. The van der Waals surface area contributed by atoms with Crippen molar-refractivity contribution in [3.63, 3.8) is 0 Å². The van der Waals surface area contributed by atoms with E-state index in [4.69, 9.17) is 36.7 Å². The molecule has 0 aromatic heterocycles. The summed E-state index contributed by atoms with van der Waals surface area (Å²) in [6.45, 7) is 4.54. The third-order valence-corrected chi connectivity index (χ3v) is 2.85. The number of para-hydroxylation sites is 1. The van der Waals surface area contributed by atoms with Crippen LogP contribution in [0, 0.1) is 0 Å². The summed E-state index contributed by atoms with van der Waals surface area (Å²) < 4.78 is 16.5. The van der Waals surface area contributed by atoms with Gasteiger partial charge >= 0.3 is 0 Å². The minimum Gasteiger partial charge on any atom is -0.486 e. The zero-order valence-corrected chi connectivity index (χ0v) is 13.0. The number of hydrogen-bond acceptors (Lipinski definition) is 5. The molecule has 6 nitrogen and oxygen atoms in total. The van der Waals surface area contributed by atoms with Gasteiger partial charge in [0.25, 0.3) is 0 Å². The Bertz CT molecular complexity index is 462. The van der Waals surface area contributed by atoms with E-state index < -0.39 is 13.0 Å². The Labute approximate surface area is 129 Å². The van der Waals surface area contributed by atoms with Crippen LogP contribution in [0.4, 0.5) is 0 Å². The van der Waals surface area contributed by atoms with Gasteiger partial charge in [0, 0.05) is 13.2 Å². The second-order valence-corrected chi connectivity index (χ2v) is 4.36. The Morgan fingerprint density at radius 2 is 2.00 bits per heavy atom. The molecule has 0 saturated carbocycles. The van der Waals surface area contributed by atoms with Gasteiger partial charge in [0.2, 0.25) is 0 Å². The summed E-state index contributed by atoms with van der Waals surface area (Å²) in [6.07, 6.45) is -0.486. The summed E-state index contributed by atoms with van der Waals surface area (Å²) in [6, 6.07) is 5.13. The number of amidine groups is 1. The Morgan fingerprint density at radius 1 is 1.33 bits per heavy atom. The lowest BCUT2D eigenvalue weighted by Gasteiger charge is -2.19. The Kier molecular flexibility index (Phi) is 8.07. The first-order valence-corrected chi connectivity index (χ1v) is 7.07. The van der Waals surface area contributed by atoms with E-state index in [-0.39, 0.29) is 12.4 Å². The highest BCUT2D eigenvalue weighted by atomic mass is 35.5. The minimum atomic E-state index is -0.486. The van der Waals surface area contributed by atoms with E-state index in [9.17, 15) is 0 Å². The van der Waals surface area contributed by atoms with Crippen LogP contribution in [0.3, 0.4) is 0 Å². The minimum absolute atomic E-state index is 0.152. The van der Waals surface area contributed by atoms with E-state index in [1.807, 2.05) is 13.8 Å². The number of ether oxygens (including phenoxy) is 3. The highest BCUT2D eigenvalue weighted by molar-refractivity contribution is 6.32. The zero-order chi connectivity index (χ0) is 15.7. The Morgan fingerprint density at radius 3 is 2.57 bits per heavy atom. The molecular formula is C14H21ClN2O4. The molecule has 0 spiro atoms. The van der Waals surface area contributed by atoms with Crippen molar-refractivity contribution in [1.82, 2.24) is 0 Å². The zero-order valence-electron chi connectivity index (χ0n) is 12.2. The van der Waals surface area contributed by atoms with E-state index >= 15 is 0 Å². The van der Waals surface area contributed by atoms with Crippen LogP contribution in [0.25, 0.3) is 0 Å². The van der Waals surface area contributed by atoms with E-state index in [0.29, 0.717) is 29.5 Å². The highest BCUT2D eigenvalue weighted by Gasteiger charge is 2.15. The second-order valence-electron chi connectivity index (χ2n) is 3.95. The molecule has 0 aliphatic carbocycles. The van der Waals surface area contributed by atoms with Gasteiger partial charge in [-0.3, -0.25) is 0 Å². The Balaban J connectivity index is 2.88. The maximum atomic E-state index is 8.83. The van der Waals surface area contributed by atoms with Crippen molar-refractivity contribution in [3.05, 3.63) is 28.8 Å². The molecule has 0 unspecified atom stereocenters. The van der Waals surface area contributed by atoms with E-state index in [1.54, 1.807) is 18.2 Å². The molecule has 7 heteroatoms. The summed E-state index contributed by atoms with van der Waals surface area (Å²) in [4.78, 5) is 3.75. The van der Waals surface area contributed by atoms with E-state index in [2.05, 4.69) is 4.99 Å². The molecule has 118 valence electrons. The molecule has 0 radical (unpaired) electrons. The summed E-state index contributed by atoms with van der Waals surface area (Å²) in [5.41, 5.74) is 6.30. The van der Waals surface area contributed by atoms with Crippen LogP contribution >= 0.6 is 11.6 Å². The van der Waals surface area contributed by atoms with Gasteiger partial charge in [0.05, 0.1) is 10.6 Å². The van der Waals surface area contributed by atoms with Crippen LogP contribution in [0.2, 0.25) is 5.02 Å². The maximum Gasteiger partial charge on any atom is 0.191 e. The summed E-state index contributed by atoms with van der Waals surface area (Å²) in [5.74, 6) is 0.539. The summed E-state index contributed by atoms with van der Waals surface area (Å²) >= 11 is 6.13. The van der Waals surface area contributed by atoms with E-state index in [1.165, 1.54) is 0 Å². The molecule has 21 heavy (non-hydrogen) atoms. The van der Waals surface area contributed by atoms with Gasteiger partial charge in [-0.1, -0.05) is 17.7 Å². The van der Waals surface area contributed by atoms with Crippen molar-refractivity contribution in [1.29, 1.82) is 0 Å². The monoisotopic (exact) mass is 316 g/mol. The average Bonchev–Trinajstić information content (AvgIpc) is 2.46. The van der Waals surface area contributed by atoms with Crippen molar-refractivity contribution in [2.24, 2.45) is 10.7 Å². The molecule has 1 aromatic carbocycles. The molecule has 0 amide bonds. The average molecular weight is 317 g/mol. The van der Waals surface area contributed by atoms with Crippen molar-refractivity contribution >= 4 is 17.4 Å². The summed E-state index contributed by atoms with van der Waals surface area (Å²) in [7, 11) is 0. The number of aliphatic imine (C=N–C) groups is 1. The molecule has 0 bridgehead atoms. The molecule has 1 rings (SSSR count). The Hall–Kier alpha value is -1.34. The largest absolute Gasteiger partial charge is 0.486 e. The first kappa shape index (κ1) is 17.7. The SMILES string of the molecule is CCOC(COc1c(Cl)cccc1C(N)=NCO)OCC. The first-order chi connectivity index (χ1) is 10.1. The first-order valence-electron chi connectivity index (χ1n) is 6.69. The quantitative estimate of drug-likeness (QED) is 0.412. The molecule has 0 heterocycles. The molecule has 1 aromatic rings. The molecular weight excluding hydrogens is 296 g/mol. The van der Waals surface area contributed by atoms with Crippen molar-refractivity contribution in [3.8, 4) is 5.75 Å². The van der Waals surface area contributed by atoms with Gasteiger partial charge in [0.1, 0.15) is 24.9 Å². The fourth-order valence-electron chi connectivity index (χ4n) is 1.69. The van der Waals surface area contributed by atoms with Gasteiger partial charge in [0.15, 0.2) is 6.29 Å². The van der Waals surface area contributed by atoms with Gasteiger partial charge in [-0.05, 0) is 26.0 Å². The third kappa shape index (κ3) is 5.51. The lowest BCUT2D eigenvalue weighted by atomic mass is 10.2. The molecule has 0 saturated heterocycles. The number of aliphatic hydroxyl groups is 1. The summed E-state index contributed by atoms with van der Waals surface area (Å²) in [5, 5.41) is 9.23. The van der Waals surface area contributed by atoms with Crippen LogP contribution in [-0.4, -0.2) is 43.8 Å². The van der Waals surface area contributed by atoms with Crippen LogP contribution in [0.15, 0.2) is 23.2 Å². The number of benzene rings is 1. The number of nitrogens with zero attached hydrogens (tertiary/aromatic N) is 1. The van der Waals surface area contributed by atoms with Crippen LogP contribution in [0.1, 0.15) is 19.4 Å². The molecule has 0 aliphatic rings. The van der Waals surface area contributed by atoms with Crippen molar-refractivity contribution in [2.75, 3.05) is 26.6 Å². The lowest BCUT2D eigenvalue weighted by molar-refractivity contribution is -0.152. The predicted molar refractivity (Wildman–Crippen MR) is 81.8 cm³/mol. The molecule has 0 atom stereocenters. The number of halogens is 1. The predicted octanol–water partition coefficient (Wildman–Crippen LogP) is 1.77. The number of hydrogen-bond donors (Lipinski definition) is 2. The van der Waals surface area contributed by atoms with Crippen molar-refractivity contribution in [2.45, 2.75) is 20.1 Å². The third-order valence-electron chi connectivity index (χ3n) is 2.55.